The maximum absolute atomic E-state index is 5.27. The largest absolute Gasteiger partial charge is 0.476 e. The van der Waals surface area contributed by atoms with E-state index in [-0.39, 0.29) is 12.1 Å². The molecule has 0 aromatic heterocycles. The number of hydrogen-bond donors (Lipinski definition) is 1. The smallest absolute Gasteiger partial charge is 0.180 e. The minimum absolute atomic E-state index is 0.225. The Labute approximate surface area is 60.7 Å². The van der Waals surface area contributed by atoms with E-state index in [9.17, 15) is 0 Å². The van der Waals surface area contributed by atoms with Gasteiger partial charge in [-0.15, -0.1) is 0 Å². The summed E-state index contributed by atoms with van der Waals surface area (Å²) in [6, 6.07) is 0.272. The van der Waals surface area contributed by atoms with Gasteiger partial charge in [-0.1, -0.05) is 0 Å². The van der Waals surface area contributed by atoms with E-state index in [1.54, 1.807) is 0 Å². The fraction of sp³-hybridized carbons (Fsp3) is 0.833. The number of aliphatic imine (C=N–C) groups is 1. The molecule has 1 aliphatic heterocycles. The topological polar surface area (TPSA) is 21.6 Å². The van der Waals surface area contributed by atoms with Crippen LogP contribution >= 0.6 is 12.6 Å². The first kappa shape index (κ1) is 6.93. The highest BCUT2D eigenvalue weighted by Crippen LogP contribution is 2.13. The van der Waals surface area contributed by atoms with E-state index in [1.165, 1.54) is 0 Å². The summed E-state index contributed by atoms with van der Waals surface area (Å²) in [5.74, 6) is 1.57. The van der Waals surface area contributed by atoms with Gasteiger partial charge in [0.15, 0.2) is 5.90 Å². The van der Waals surface area contributed by atoms with E-state index >= 15 is 0 Å². The lowest BCUT2D eigenvalue weighted by atomic mass is 10.2. The summed E-state index contributed by atoms with van der Waals surface area (Å²) in [5.41, 5.74) is 0. The molecular weight excluding hydrogens is 134 g/mol. The van der Waals surface area contributed by atoms with Gasteiger partial charge in [0.05, 0.1) is 6.04 Å². The molecule has 0 N–H and O–H groups in total. The lowest BCUT2D eigenvalue weighted by Crippen LogP contribution is -2.19. The summed E-state index contributed by atoms with van der Waals surface area (Å²) >= 11 is 4.13. The first-order chi connectivity index (χ1) is 4.24. The number of rotatable bonds is 1. The molecule has 2 atom stereocenters. The molecule has 2 unspecified atom stereocenters. The van der Waals surface area contributed by atoms with Crippen molar-refractivity contribution in [3.63, 3.8) is 0 Å². The lowest BCUT2D eigenvalue weighted by Gasteiger charge is -2.08. The number of ether oxygens (including phenoxy) is 1. The van der Waals surface area contributed by atoms with E-state index in [0.29, 0.717) is 0 Å². The summed E-state index contributed by atoms with van der Waals surface area (Å²) in [6.07, 6.45) is 0.225. The molecule has 0 radical (unpaired) electrons. The van der Waals surface area contributed by atoms with Crippen molar-refractivity contribution >= 4 is 18.5 Å². The number of nitrogens with zero attached hydrogens (tertiary/aromatic N) is 1. The van der Waals surface area contributed by atoms with Gasteiger partial charge in [-0.25, -0.2) is 4.99 Å². The van der Waals surface area contributed by atoms with E-state index in [0.717, 1.165) is 11.7 Å². The number of thiol groups is 1. The second-order valence-corrected chi connectivity index (χ2v) is 2.59. The van der Waals surface area contributed by atoms with Crippen molar-refractivity contribution in [2.75, 3.05) is 5.75 Å². The van der Waals surface area contributed by atoms with Crippen LogP contribution in [0.1, 0.15) is 13.8 Å². The third kappa shape index (κ3) is 1.39. The summed E-state index contributed by atoms with van der Waals surface area (Å²) in [7, 11) is 0. The quantitative estimate of drug-likeness (QED) is 0.549. The minimum Gasteiger partial charge on any atom is -0.476 e. The van der Waals surface area contributed by atoms with Gasteiger partial charge < -0.3 is 4.74 Å². The zero-order valence-corrected chi connectivity index (χ0v) is 6.56. The number of hydrogen-bond acceptors (Lipinski definition) is 3. The zero-order chi connectivity index (χ0) is 6.85. The summed E-state index contributed by atoms with van der Waals surface area (Å²) < 4.78 is 5.27. The van der Waals surface area contributed by atoms with Crippen LogP contribution in [0, 0.1) is 0 Å². The van der Waals surface area contributed by atoms with E-state index < -0.39 is 0 Å². The summed E-state index contributed by atoms with van der Waals surface area (Å²) in [6.45, 7) is 3.89. The zero-order valence-electron chi connectivity index (χ0n) is 5.66. The second-order valence-electron chi connectivity index (χ2n) is 2.22. The Balaban J connectivity index is 2.53. The van der Waals surface area contributed by atoms with Crippen molar-refractivity contribution in [2.45, 2.75) is 26.0 Å². The predicted octanol–water partition coefficient (Wildman–Crippen LogP) is 1.12. The monoisotopic (exact) mass is 145 g/mol. The molecule has 0 fully saturated rings. The van der Waals surface area contributed by atoms with Gasteiger partial charge >= 0.3 is 0 Å². The van der Waals surface area contributed by atoms with Crippen LogP contribution in [-0.4, -0.2) is 23.8 Å². The molecule has 0 amide bonds. The molecule has 3 heteroatoms. The molecule has 1 rings (SSSR count). The van der Waals surface area contributed by atoms with Gasteiger partial charge in [0.2, 0.25) is 0 Å². The fourth-order valence-corrected chi connectivity index (χ4v) is 1.28. The maximum atomic E-state index is 5.27. The van der Waals surface area contributed by atoms with Crippen LogP contribution < -0.4 is 0 Å². The Morgan fingerprint density at radius 2 is 2.44 bits per heavy atom. The summed E-state index contributed by atoms with van der Waals surface area (Å²) in [5, 5.41) is 0. The van der Waals surface area contributed by atoms with Crippen LogP contribution in [0.25, 0.3) is 0 Å². The average molecular weight is 145 g/mol. The van der Waals surface area contributed by atoms with Gasteiger partial charge in [-0.3, -0.25) is 0 Å². The Kier molecular flexibility index (Phi) is 2.01. The second kappa shape index (κ2) is 2.60. The Morgan fingerprint density at radius 1 is 1.78 bits per heavy atom. The highest BCUT2D eigenvalue weighted by atomic mass is 32.1. The fourth-order valence-electron chi connectivity index (χ4n) is 0.906. The third-order valence-corrected chi connectivity index (χ3v) is 1.81. The van der Waals surface area contributed by atoms with Crippen molar-refractivity contribution in [3.8, 4) is 0 Å². The Hall–Kier alpha value is -0.180. The maximum Gasteiger partial charge on any atom is 0.180 e. The highest BCUT2D eigenvalue weighted by Gasteiger charge is 2.22. The molecule has 0 bridgehead atoms. The molecule has 1 heterocycles. The van der Waals surface area contributed by atoms with E-state index in [1.807, 2.05) is 13.8 Å². The molecule has 0 spiro atoms. The molecule has 0 saturated heterocycles. The highest BCUT2D eigenvalue weighted by molar-refractivity contribution is 7.80. The molecule has 0 aliphatic carbocycles. The molecule has 1 aliphatic rings. The van der Waals surface area contributed by atoms with Crippen LogP contribution in [0.3, 0.4) is 0 Å². The molecule has 0 aromatic carbocycles. The lowest BCUT2D eigenvalue weighted by molar-refractivity contribution is 0.218. The van der Waals surface area contributed by atoms with Crippen LogP contribution in [0.15, 0.2) is 4.99 Å². The summed E-state index contributed by atoms with van der Waals surface area (Å²) in [4.78, 5) is 4.21. The van der Waals surface area contributed by atoms with Crippen molar-refractivity contribution in [3.05, 3.63) is 0 Å². The van der Waals surface area contributed by atoms with Gasteiger partial charge in [-0.05, 0) is 6.92 Å². The first-order valence-corrected chi connectivity index (χ1v) is 3.69. The standard InChI is InChI=1S/C6H11NOS/c1-4-6(3-9)7-5(2)8-4/h4,6,9H,3H2,1-2H3. The van der Waals surface area contributed by atoms with E-state index in [2.05, 4.69) is 17.6 Å². The SMILES string of the molecule is CC1=NC(CS)C(C)O1. The third-order valence-electron chi connectivity index (χ3n) is 1.43. The van der Waals surface area contributed by atoms with Crippen molar-refractivity contribution < 1.29 is 4.74 Å². The molecule has 0 aromatic rings. The van der Waals surface area contributed by atoms with Crippen molar-refractivity contribution in [1.29, 1.82) is 0 Å². The van der Waals surface area contributed by atoms with Gasteiger partial charge in [0.25, 0.3) is 0 Å². The molecule has 2 nitrogen and oxygen atoms in total. The molecule has 0 saturated carbocycles. The Bertz CT molecular complexity index is 135. The Morgan fingerprint density at radius 3 is 2.67 bits per heavy atom. The normalized spacial score (nSPS) is 33.9. The molecule has 52 valence electrons. The average Bonchev–Trinajstić information content (AvgIpc) is 2.10. The van der Waals surface area contributed by atoms with Gasteiger partial charge in [0.1, 0.15) is 6.10 Å². The van der Waals surface area contributed by atoms with Gasteiger partial charge in [0, 0.05) is 12.7 Å². The van der Waals surface area contributed by atoms with Crippen molar-refractivity contribution in [1.82, 2.24) is 0 Å². The van der Waals surface area contributed by atoms with Crippen LogP contribution in [0.2, 0.25) is 0 Å². The van der Waals surface area contributed by atoms with Crippen LogP contribution in [-0.2, 0) is 4.74 Å². The minimum atomic E-state index is 0.225. The van der Waals surface area contributed by atoms with Crippen LogP contribution in [0.4, 0.5) is 0 Å². The van der Waals surface area contributed by atoms with Crippen LogP contribution in [0.5, 0.6) is 0 Å². The predicted molar refractivity (Wildman–Crippen MR) is 41.3 cm³/mol. The van der Waals surface area contributed by atoms with Crippen molar-refractivity contribution in [2.24, 2.45) is 4.99 Å². The van der Waals surface area contributed by atoms with Gasteiger partial charge in [-0.2, -0.15) is 12.6 Å². The first-order valence-electron chi connectivity index (χ1n) is 3.06. The molecular formula is C6H11NOS. The molecule has 9 heavy (non-hydrogen) atoms. The van der Waals surface area contributed by atoms with E-state index in [4.69, 9.17) is 4.74 Å².